The van der Waals surface area contributed by atoms with Gasteiger partial charge in [0.1, 0.15) is 4.21 Å². The molecule has 1 amide bonds. The van der Waals surface area contributed by atoms with E-state index in [0.29, 0.717) is 10.8 Å². The normalized spacial score (nSPS) is 23.9. The fraction of sp³-hybridized carbons (Fsp3) is 0.722. The minimum Gasteiger partial charge on any atom is -0.353 e. The van der Waals surface area contributed by atoms with Gasteiger partial charge in [-0.15, -0.1) is 11.3 Å². The molecule has 1 saturated carbocycles. The van der Waals surface area contributed by atoms with Gasteiger partial charge in [-0.05, 0) is 37.1 Å². The van der Waals surface area contributed by atoms with Crippen LogP contribution in [-0.4, -0.2) is 37.3 Å². The maximum absolute atomic E-state index is 12.9. The monoisotopic (exact) mass is 384 g/mol. The highest BCUT2D eigenvalue weighted by Crippen LogP contribution is 2.29. The Morgan fingerprint density at radius 3 is 2.52 bits per heavy atom. The molecule has 1 aliphatic heterocycles. The summed E-state index contributed by atoms with van der Waals surface area (Å²) in [7, 11) is -3.48. The highest BCUT2D eigenvalue weighted by Gasteiger charge is 2.35. The molecule has 2 heterocycles. The molecule has 1 aromatic heterocycles. The maximum atomic E-state index is 12.9. The first-order valence-electron chi connectivity index (χ1n) is 9.42. The molecule has 2 aliphatic rings. The lowest BCUT2D eigenvalue weighted by atomic mass is 10.0. The fourth-order valence-electron chi connectivity index (χ4n) is 3.94. The number of piperidine rings is 1. The van der Waals surface area contributed by atoms with Crippen molar-refractivity contribution in [1.29, 1.82) is 0 Å². The Hall–Kier alpha value is -0.920. The molecular formula is C18H28N2O3S2. The Morgan fingerprint density at radius 1 is 1.12 bits per heavy atom. The summed E-state index contributed by atoms with van der Waals surface area (Å²) in [6, 6.07) is 3.46. The van der Waals surface area contributed by atoms with E-state index in [1.807, 2.05) is 0 Å². The van der Waals surface area contributed by atoms with Crippen molar-refractivity contribution >= 4 is 27.3 Å². The van der Waals surface area contributed by atoms with E-state index in [2.05, 4.69) is 5.32 Å². The van der Waals surface area contributed by atoms with Crippen molar-refractivity contribution in [2.24, 2.45) is 0 Å². The van der Waals surface area contributed by atoms with Crippen molar-refractivity contribution in [3.8, 4) is 0 Å². The lowest BCUT2D eigenvalue weighted by Crippen LogP contribution is -2.46. The summed E-state index contributed by atoms with van der Waals surface area (Å²) in [5.74, 6) is 0.00480. The van der Waals surface area contributed by atoms with Crippen LogP contribution in [0.25, 0.3) is 0 Å². The molecule has 140 valence electrons. The van der Waals surface area contributed by atoms with E-state index in [4.69, 9.17) is 0 Å². The van der Waals surface area contributed by atoms with Crippen molar-refractivity contribution < 1.29 is 13.2 Å². The third kappa shape index (κ3) is 4.83. The SMILES string of the molecule is O=C(CC1CCCCN1S(=O)(=O)c1cccs1)NC1CCCCCC1. The van der Waals surface area contributed by atoms with Gasteiger partial charge in [0.15, 0.2) is 0 Å². The Balaban J connectivity index is 1.64. The van der Waals surface area contributed by atoms with E-state index in [9.17, 15) is 13.2 Å². The van der Waals surface area contributed by atoms with Crippen LogP contribution in [0, 0.1) is 0 Å². The lowest BCUT2D eigenvalue weighted by Gasteiger charge is -2.34. The Morgan fingerprint density at radius 2 is 1.84 bits per heavy atom. The Bertz CT molecular complexity index is 650. The van der Waals surface area contributed by atoms with Gasteiger partial charge in [-0.3, -0.25) is 4.79 Å². The number of carbonyl (C=O) groups excluding carboxylic acids is 1. The highest BCUT2D eigenvalue weighted by atomic mass is 32.2. The molecule has 0 aromatic carbocycles. The Kier molecular flexibility index (Phi) is 6.52. The average Bonchev–Trinajstić information content (AvgIpc) is 3.03. The summed E-state index contributed by atoms with van der Waals surface area (Å²) in [6.45, 7) is 0.515. The van der Waals surface area contributed by atoms with E-state index in [-0.39, 0.29) is 24.4 Å². The summed E-state index contributed by atoms with van der Waals surface area (Å²) in [4.78, 5) is 12.5. The number of carbonyl (C=O) groups is 1. The van der Waals surface area contributed by atoms with Crippen molar-refractivity contribution in [2.75, 3.05) is 6.54 Å². The molecule has 25 heavy (non-hydrogen) atoms. The molecule has 2 fully saturated rings. The number of thiophene rings is 1. The van der Waals surface area contributed by atoms with Gasteiger partial charge in [0, 0.05) is 25.0 Å². The van der Waals surface area contributed by atoms with Gasteiger partial charge in [-0.25, -0.2) is 8.42 Å². The molecule has 1 aromatic rings. The molecule has 1 atom stereocenters. The van der Waals surface area contributed by atoms with Crippen LogP contribution in [-0.2, 0) is 14.8 Å². The summed E-state index contributed by atoms with van der Waals surface area (Å²) in [5.41, 5.74) is 0. The van der Waals surface area contributed by atoms with Crippen LogP contribution in [0.1, 0.15) is 64.2 Å². The average molecular weight is 385 g/mol. The van der Waals surface area contributed by atoms with Crippen molar-refractivity contribution in [3.05, 3.63) is 17.5 Å². The first kappa shape index (κ1) is 18.9. The number of sulfonamides is 1. The molecule has 1 unspecified atom stereocenters. The second kappa shape index (κ2) is 8.64. The second-order valence-electron chi connectivity index (χ2n) is 7.16. The Labute approximate surface area is 154 Å². The third-order valence-corrected chi connectivity index (χ3v) is 8.60. The minimum atomic E-state index is -3.48. The maximum Gasteiger partial charge on any atom is 0.252 e. The zero-order chi connectivity index (χ0) is 17.7. The van der Waals surface area contributed by atoms with Gasteiger partial charge in [0.25, 0.3) is 10.0 Å². The van der Waals surface area contributed by atoms with Crippen LogP contribution < -0.4 is 5.32 Å². The summed E-state index contributed by atoms with van der Waals surface area (Å²) in [6.07, 6.45) is 9.85. The summed E-state index contributed by atoms with van der Waals surface area (Å²) < 4.78 is 27.7. The topological polar surface area (TPSA) is 66.5 Å². The third-order valence-electron chi connectivity index (χ3n) is 5.27. The van der Waals surface area contributed by atoms with E-state index in [1.165, 1.54) is 37.0 Å². The largest absolute Gasteiger partial charge is 0.353 e. The number of nitrogens with one attached hydrogen (secondary N) is 1. The van der Waals surface area contributed by atoms with Gasteiger partial charge in [0.05, 0.1) is 0 Å². The number of nitrogens with zero attached hydrogens (tertiary/aromatic N) is 1. The van der Waals surface area contributed by atoms with E-state index < -0.39 is 10.0 Å². The second-order valence-corrected chi connectivity index (χ2v) is 10.2. The quantitative estimate of drug-likeness (QED) is 0.790. The standard InChI is InChI=1S/C18H28N2O3S2/c21-17(19-15-8-3-1-2-4-9-15)14-16-10-5-6-12-20(16)25(22,23)18-11-7-13-24-18/h7,11,13,15-16H,1-6,8-10,12,14H2,(H,19,21). The molecule has 5 nitrogen and oxygen atoms in total. The van der Waals surface area contributed by atoms with E-state index >= 15 is 0 Å². The van der Waals surface area contributed by atoms with Gasteiger partial charge in [-0.1, -0.05) is 38.2 Å². The van der Waals surface area contributed by atoms with Crippen LogP contribution in [0.4, 0.5) is 0 Å². The predicted molar refractivity (Wildman–Crippen MR) is 100 cm³/mol. The zero-order valence-electron chi connectivity index (χ0n) is 14.7. The molecule has 1 saturated heterocycles. The van der Waals surface area contributed by atoms with Crippen LogP contribution in [0.2, 0.25) is 0 Å². The number of hydrogen-bond acceptors (Lipinski definition) is 4. The number of rotatable bonds is 5. The highest BCUT2D eigenvalue weighted by molar-refractivity contribution is 7.91. The zero-order valence-corrected chi connectivity index (χ0v) is 16.3. The van der Waals surface area contributed by atoms with Gasteiger partial charge in [-0.2, -0.15) is 4.31 Å². The molecule has 0 spiro atoms. The van der Waals surface area contributed by atoms with Gasteiger partial charge < -0.3 is 5.32 Å². The van der Waals surface area contributed by atoms with E-state index in [0.717, 1.165) is 32.1 Å². The van der Waals surface area contributed by atoms with Crippen LogP contribution in [0.5, 0.6) is 0 Å². The molecule has 0 radical (unpaired) electrons. The van der Waals surface area contributed by atoms with Gasteiger partial charge >= 0.3 is 0 Å². The van der Waals surface area contributed by atoms with Crippen molar-refractivity contribution in [3.63, 3.8) is 0 Å². The lowest BCUT2D eigenvalue weighted by molar-refractivity contribution is -0.122. The molecule has 1 N–H and O–H groups in total. The predicted octanol–water partition coefficient (Wildman–Crippen LogP) is 3.52. The van der Waals surface area contributed by atoms with Crippen molar-refractivity contribution in [1.82, 2.24) is 9.62 Å². The summed E-state index contributed by atoms with van der Waals surface area (Å²) in [5, 5.41) is 4.94. The first-order valence-corrected chi connectivity index (χ1v) is 11.7. The van der Waals surface area contributed by atoms with E-state index in [1.54, 1.807) is 21.8 Å². The van der Waals surface area contributed by atoms with Crippen LogP contribution in [0.3, 0.4) is 0 Å². The first-order chi connectivity index (χ1) is 12.1. The number of amides is 1. The molecule has 3 rings (SSSR count). The fourth-order valence-corrected chi connectivity index (χ4v) is 6.76. The summed E-state index contributed by atoms with van der Waals surface area (Å²) >= 11 is 1.25. The molecular weight excluding hydrogens is 356 g/mol. The van der Waals surface area contributed by atoms with Gasteiger partial charge in [0.2, 0.25) is 5.91 Å². The van der Waals surface area contributed by atoms with Crippen molar-refractivity contribution in [2.45, 2.75) is 80.5 Å². The smallest absolute Gasteiger partial charge is 0.252 e. The van der Waals surface area contributed by atoms with Crippen LogP contribution >= 0.6 is 11.3 Å². The molecule has 7 heteroatoms. The minimum absolute atomic E-state index is 0.00480. The molecule has 1 aliphatic carbocycles. The molecule has 0 bridgehead atoms. The number of hydrogen-bond donors (Lipinski definition) is 1. The van der Waals surface area contributed by atoms with Crippen LogP contribution in [0.15, 0.2) is 21.7 Å².